The van der Waals surface area contributed by atoms with Gasteiger partial charge in [0.25, 0.3) is 0 Å². The largest absolute Gasteiger partial charge is 0.466 e. The van der Waals surface area contributed by atoms with Gasteiger partial charge in [0.1, 0.15) is 0 Å². The van der Waals surface area contributed by atoms with Crippen LogP contribution in [0.15, 0.2) is 129 Å². The van der Waals surface area contributed by atoms with E-state index in [4.69, 9.17) is 9.16 Å². The number of benzene rings is 2. The maximum absolute atomic E-state index is 14.2. The van der Waals surface area contributed by atoms with Crippen molar-refractivity contribution in [1.29, 1.82) is 0 Å². The number of carbonyl (C=O) groups excluding carboxylic acids is 1. The van der Waals surface area contributed by atoms with Crippen molar-refractivity contribution in [3.8, 4) is 0 Å². The van der Waals surface area contributed by atoms with Crippen LogP contribution in [0, 0.1) is 5.92 Å². The highest BCUT2D eigenvalue weighted by molar-refractivity contribution is 7.92. The smallest absolute Gasteiger partial charge is 0.333 e. The summed E-state index contributed by atoms with van der Waals surface area (Å²) in [4.78, 5) is 13.7. The number of ether oxygens (including phenoxy) is 1. The molecule has 3 atom stereocenters. The Morgan fingerprint density at radius 2 is 1.06 bits per heavy atom. The van der Waals surface area contributed by atoms with E-state index in [1.165, 1.54) is 7.11 Å². The lowest BCUT2D eigenvalue weighted by molar-refractivity contribution is -0.136. The Bertz CT molecular complexity index is 2060. The zero-order valence-electron chi connectivity index (χ0n) is 40.5. The van der Waals surface area contributed by atoms with Gasteiger partial charge < -0.3 is 14.3 Å². The van der Waals surface area contributed by atoms with Crippen LogP contribution >= 0.6 is 0 Å². The highest BCUT2D eigenvalue weighted by Gasteiger charge is 2.45. The summed E-state index contributed by atoms with van der Waals surface area (Å²) in [5, 5.41) is 7.59. The normalized spacial score (nSPS) is 15.6. The summed E-state index contributed by atoms with van der Waals surface area (Å²) in [5.41, 5.74) is 5.48. The van der Waals surface area contributed by atoms with Gasteiger partial charge in [-0.15, -0.1) is 0 Å². The molecule has 1 N–H and O–H groups in total. The molecular weight excluding hydrogens is 845 g/mol. The SMILES string of the molecule is COC(=O)/C(=C/CC[C@H](C)CCO[Si](C(C)C)(C(C)C)C(C)C)CC(/C=C(/C)CC/C=C(/C)CC(/C=C(/C)CC/C=C(/C)CO)S(=O)(=O)c1ccccc1)S(=O)(=O)c1ccccc1. The number of rotatable bonds is 28. The molecule has 0 aromatic heterocycles. The molecule has 0 aliphatic rings. The first kappa shape index (κ1) is 55.8. The van der Waals surface area contributed by atoms with Crippen LogP contribution in [-0.2, 0) is 33.6 Å². The van der Waals surface area contributed by atoms with Crippen molar-refractivity contribution in [2.45, 2.75) is 171 Å². The van der Waals surface area contributed by atoms with Gasteiger partial charge in [0.15, 0.2) is 28.0 Å². The van der Waals surface area contributed by atoms with E-state index in [0.29, 0.717) is 73.2 Å². The highest BCUT2D eigenvalue weighted by atomic mass is 32.2. The van der Waals surface area contributed by atoms with E-state index >= 15 is 0 Å². The molecule has 2 aromatic rings. The van der Waals surface area contributed by atoms with Crippen LogP contribution in [0.2, 0.25) is 16.6 Å². The second-order valence-electron chi connectivity index (χ2n) is 18.4. The van der Waals surface area contributed by atoms with E-state index in [1.807, 2.05) is 52.0 Å². The minimum absolute atomic E-state index is 0.00426. The molecular formula is C52H80O8S2Si. The van der Waals surface area contributed by atoms with Gasteiger partial charge in [-0.1, -0.05) is 138 Å². The van der Waals surface area contributed by atoms with E-state index in [0.717, 1.165) is 35.1 Å². The average Bonchev–Trinajstić information content (AvgIpc) is 3.23. The van der Waals surface area contributed by atoms with E-state index in [-0.39, 0.29) is 22.8 Å². The van der Waals surface area contributed by atoms with Gasteiger partial charge in [0.05, 0.1) is 34.0 Å². The van der Waals surface area contributed by atoms with Crippen LogP contribution in [0.1, 0.15) is 134 Å². The van der Waals surface area contributed by atoms with Crippen molar-refractivity contribution in [1.82, 2.24) is 0 Å². The fraction of sp³-hybridized carbons (Fsp3) is 0.558. The average molecular weight is 925 g/mol. The summed E-state index contributed by atoms with van der Waals surface area (Å²) in [6, 6.07) is 16.9. The number of hydrogen-bond acceptors (Lipinski definition) is 8. The molecule has 0 aliphatic carbocycles. The zero-order chi connectivity index (χ0) is 47.4. The summed E-state index contributed by atoms with van der Waals surface area (Å²) in [7, 11) is -8.21. The fourth-order valence-electron chi connectivity index (χ4n) is 8.67. The van der Waals surface area contributed by atoms with Crippen molar-refractivity contribution in [3.05, 3.63) is 119 Å². The quantitative estimate of drug-likeness (QED) is 0.0387. The molecule has 0 saturated carbocycles. The number of esters is 1. The molecule has 0 radical (unpaired) electrons. The molecule has 2 unspecified atom stereocenters. The maximum Gasteiger partial charge on any atom is 0.333 e. The summed E-state index contributed by atoms with van der Waals surface area (Å²) < 4.78 is 68.3. The first-order chi connectivity index (χ1) is 29.6. The molecule has 63 heavy (non-hydrogen) atoms. The van der Waals surface area contributed by atoms with Crippen molar-refractivity contribution in [2.24, 2.45) is 5.92 Å². The fourth-order valence-corrected chi connectivity index (χ4v) is 17.6. The third-order valence-corrected chi connectivity index (χ3v) is 22.5. The maximum atomic E-state index is 14.2. The molecule has 0 fully saturated rings. The number of aliphatic hydroxyl groups is 1. The standard InChI is InChI=1S/C52H80O8S2Si/c1-39(2)63(40(3)4,41(5)6)60-33-32-42(7)22-21-27-47(52(54)59-12)37-51(62(57,58)49-30-17-14-18-31-49)36-45(10)24-19-23-43(8)34-50(35-44(9)25-20-26-46(11)38-53)61(55,56)48-28-15-13-16-29-48/h13-18,23,26-31,35-36,39-42,50-51,53H,19-22,24-25,32-34,37-38H2,1-12H3/b43-23-,44-35-,45-36-,46-26-,47-27+/t42-,50?,51?/m0/s1. The monoisotopic (exact) mass is 925 g/mol. The highest BCUT2D eigenvalue weighted by Crippen LogP contribution is 2.42. The van der Waals surface area contributed by atoms with Gasteiger partial charge in [0.2, 0.25) is 0 Å². The second-order valence-corrected chi connectivity index (χ2v) is 28.2. The second kappa shape index (κ2) is 27.2. The molecule has 0 saturated heterocycles. The van der Waals surface area contributed by atoms with Crippen LogP contribution in [0.3, 0.4) is 0 Å². The number of allylic oxidation sites excluding steroid dienone is 6. The minimum Gasteiger partial charge on any atom is -0.466 e. The first-order valence-corrected chi connectivity index (χ1v) is 28.1. The minimum atomic E-state index is -3.89. The molecule has 0 heterocycles. The number of hydrogen-bond donors (Lipinski definition) is 1. The third-order valence-electron chi connectivity index (χ3n) is 12.3. The van der Waals surface area contributed by atoms with Gasteiger partial charge in [-0.25, -0.2) is 21.6 Å². The van der Waals surface area contributed by atoms with Crippen LogP contribution < -0.4 is 0 Å². The lowest BCUT2D eigenvalue weighted by Crippen LogP contribution is -2.48. The van der Waals surface area contributed by atoms with Gasteiger partial charge in [-0.05, 0) is 132 Å². The molecule has 0 spiro atoms. The van der Waals surface area contributed by atoms with Crippen LogP contribution in [0.5, 0.6) is 0 Å². The summed E-state index contributed by atoms with van der Waals surface area (Å²) in [6.07, 6.45) is 14.6. The molecule has 2 rings (SSSR count). The van der Waals surface area contributed by atoms with Crippen molar-refractivity contribution >= 4 is 34.0 Å². The van der Waals surface area contributed by atoms with E-state index < -0.39 is 44.5 Å². The Morgan fingerprint density at radius 1 is 0.619 bits per heavy atom. The van der Waals surface area contributed by atoms with Crippen molar-refractivity contribution in [2.75, 3.05) is 20.3 Å². The molecule has 352 valence electrons. The Balaban J connectivity index is 2.33. The van der Waals surface area contributed by atoms with Gasteiger partial charge in [0, 0.05) is 12.2 Å². The predicted octanol–water partition coefficient (Wildman–Crippen LogP) is 12.9. The van der Waals surface area contributed by atoms with Gasteiger partial charge in [-0.2, -0.15) is 0 Å². The molecule has 0 aliphatic heterocycles. The Kier molecular flexibility index (Phi) is 24.1. The predicted molar refractivity (Wildman–Crippen MR) is 265 cm³/mol. The third kappa shape index (κ3) is 17.5. The zero-order valence-corrected chi connectivity index (χ0v) is 43.2. The Labute approximate surface area is 384 Å². The van der Waals surface area contributed by atoms with Crippen molar-refractivity contribution < 1.29 is 35.9 Å². The van der Waals surface area contributed by atoms with E-state index in [1.54, 1.807) is 66.7 Å². The molecule has 0 bridgehead atoms. The van der Waals surface area contributed by atoms with E-state index in [9.17, 15) is 26.7 Å². The molecule has 8 nitrogen and oxygen atoms in total. The summed E-state index contributed by atoms with van der Waals surface area (Å²) in [5.74, 6) is -0.190. The summed E-state index contributed by atoms with van der Waals surface area (Å²) in [6.45, 7) is 24.3. The number of methoxy groups -OCH3 is 1. The summed E-state index contributed by atoms with van der Waals surface area (Å²) >= 11 is 0. The topological polar surface area (TPSA) is 124 Å². The van der Waals surface area contributed by atoms with E-state index in [2.05, 4.69) is 48.5 Å². The van der Waals surface area contributed by atoms with Crippen LogP contribution in [0.4, 0.5) is 0 Å². The first-order valence-electron chi connectivity index (χ1n) is 22.9. The number of aliphatic hydroxyl groups excluding tert-OH is 1. The number of carbonyl (C=O) groups is 1. The van der Waals surface area contributed by atoms with Crippen molar-refractivity contribution in [3.63, 3.8) is 0 Å². The van der Waals surface area contributed by atoms with Crippen LogP contribution in [-0.4, -0.2) is 67.1 Å². The number of sulfone groups is 2. The molecule has 0 amide bonds. The molecule has 2 aromatic carbocycles. The molecule has 11 heteroatoms. The van der Waals surface area contributed by atoms with Gasteiger partial charge in [-0.3, -0.25) is 0 Å². The Hall–Kier alpha value is -3.35. The Morgan fingerprint density at radius 3 is 1.49 bits per heavy atom. The lowest BCUT2D eigenvalue weighted by atomic mass is 9.99. The van der Waals surface area contributed by atoms with Gasteiger partial charge >= 0.3 is 5.97 Å². The van der Waals surface area contributed by atoms with Crippen LogP contribution in [0.25, 0.3) is 0 Å². The lowest BCUT2D eigenvalue weighted by Gasteiger charge is -2.42.